The highest BCUT2D eigenvalue weighted by molar-refractivity contribution is 5.37. The second-order valence-electron chi connectivity index (χ2n) is 6.28. The minimum absolute atomic E-state index is 0.689. The van der Waals surface area contributed by atoms with Gasteiger partial charge in [0.05, 0.1) is 0 Å². The van der Waals surface area contributed by atoms with Crippen LogP contribution in [0.4, 0.5) is 0 Å². The zero-order chi connectivity index (χ0) is 15.8. The lowest BCUT2D eigenvalue weighted by Gasteiger charge is -2.24. The molecule has 2 nitrogen and oxygen atoms in total. The minimum atomic E-state index is 0.689. The highest BCUT2D eigenvalue weighted by Crippen LogP contribution is 2.24. The highest BCUT2D eigenvalue weighted by Gasteiger charge is 2.09. The molecule has 0 radical (unpaired) electrons. The van der Waals surface area contributed by atoms with Crippen LogP contribution in [0.5, 0.6) is 0 Å². The van der Waals surface area contributed by atoms with Gasteiger partial charge in [0.15, 0.2) is 0 Å². The molecular formula is C20H30N2. The van der Waals surface area contributed by atoms with Crippen molar-refractivity contribution < 1.29 is 0 Å². The Balaban J connectivity index is 1.97. The Morgan fingerprint density at radius 2 is 1.91 bits per heavy atom. The number of hydrogen-bond donors (Lipinski definition) is 1. The maximum absolute atomic E-state index is 5.75. The summed E-state index contributed by atoms with van der Waals surface area (Å²) in [6.07, 6.45) is 20.6. The maximum atomic E-state index is 5.75. The molecule has 0 aromatic rings. The lowest BCUT2D eigenvalue weighted by Crippen LogP contribution is -2.29. The SMILES string of the molecule is CCCN(CCN)C1=CCC=C(CC2=CCC(C)C=C2)C=C1. The van der Waals surface area contributed by atoms with E-state index >= 15 is 0 Å². The highest BCUT2D eigenvalue weighted by atomic mass is 15.1. The molecule has 0 fully saturated rings. The summed E-state index contributed by atoms with van der Waals surface area (Å²) < 4.78 is 0. The Morgan fingerprint density at radius 1 is 1.09 bits per heavy atom. The number of nitrogens with zero attached hydrogens (tertiary/aromatic N) is 1. The molecule has 2 aliphatic rings. The van der Waals surface area contributed by atoms with Gasteiger partial charge in [-0.15, -0.1) is 0 Å². The number of allylic oxidation sites excluding steroid dienone is 9. The molecule has 0 heterocycles. The number of rotatable bonds is 7. The summed E-state index contributed by atoms with van der Waals surface area (Å²) >= 11 is 0. The summed E-state index contributed by atoms with van der Waals surface area (Å²) in [5.41, 5.74) is 9.93. The molecule has 1 unspecified atom stereocenters. The van der Waals surface area contributed by atoms with E-state index < -0.39 is 0 Å². The van der Waals surface area contributed by atoms with E-state index in [-0.39, 0.29) is 0 Å². The van der Waals surface area contributed by atoms with Crippen LogP contribution in [0.15, 0.2) is 59.4 Å². The van der Waals surface area contributed by atoms with Crippen molar-refractivity contribution in [2.45, 2.75) is 39.5 Å². The predicted octanol–water partition coefficient (Wildman–Crippen LogP) is 4.34. The van der Waals surface area contributed by atoms with E-state index in [0.29, 0.717) is 12.5 Å². The van der Waals surface area contributed by atoms with E-state index in [9.17, 15) is 0 Å². The lowest BCUT2D eigenvalue weighted by atomic mass is 9.94. The van der Waals surface area contributed by atoms with Crippen molar-refractivity contribution in [2.24, 2.45) is 11.7 Å². The smallest absolute Gasteiger partial charge is 0.0329 e. The van der Waals surface area contributed by atoms with Gasteiger partial charge in [-0.2, -0.15) is 0 Å². The molecule has 0 amide bonds. The first-order valence-electron chi connectivity index (χ1n) is 8.62. The average Bonchev–Trinajstić information content (AvgIpc) is 2.75. The molecule has 22 heavy (non-hydrogen) atoms. The fourth-order valence-electron chi connectivity index (χ4n) is 2.96. The summed E-state index contributed by atoms with van der Waals surface area (Å²) in [6.45, 7) is 7.21. The van der Waals surface area contributed by atoms with Gasteiger partial charge in [-0.1, -0.05) is 50.3 Å². The van der Waals surface area contributed by atoms with Crippen molar-refractivity contribution in [3.05, 3.63) is 59.4 Å². The summed E-state index contributed by atoms with van der Waals surface area (Å²) in [7, 11) is 0. The fraction of sp³-hybridized carbons (Fsp3) is 0.500. The van der Waals surface area contributed by atoms with Crippen molar-refractivity contribution in [1.82, 2.24) is 4.90 Å². The molecule has 2 N–H and O–H groups in total. The van der Waals surface area contributed by atoms with Gasteiger partial charge >= 0.3 is 0 Å². The molecule has 0 bridgehead atoms. The standard InChI is InChI=1S/C20H30N2/c1-3-14-22(15-13-21)20-6-4-5-18(11-12-20)16-19-9-7-17(2)8-10-19/h5-7,9-12,17H,3-4,8,13-16,21H2,1-2H3. The second kappa shape index (κ2) is 8.79. The Bertz CT molecular complexity index is 500. The van der Waals surface area contributed by atoms with Gasteiger partial charge in [0.2, 0.25) is 0 Å². The molecule has 0 saturated heterocycles. The van der Waals surface area contributed by atoms with E-state index in [0.717, 1.165) is 32.4 Å². The van der Waals surface area contributed by atoms with E-state index in [2.05, 4.69) is 61.3 Å². The zero-order valence-corrected chi connectivity index (χ0v) is 14.1. The van der Waals surface area contributed by atoms with Crippen LogP contribution in [0.1, 0.15) is 39.5 Å². The Labute approximate surface area is 135 Å². The molecule has 0 spiro atoms. The lowest BCUT2D eigenvalue weighted by molar-refractivity contribution is 0.363. The van der Waals surface area contributed by atoms with Gasteiger partial charge < -0.3 is 10.6 Å². The van der Waals surface area contributed by atoms with Gasteiger partial charge in [-0.05, 0) is 48.8 Å². The first-order chi connectivity index (χ1) is 10.7. The van der Waals surface area contributed by atoms with E-state index in [1.807, 2.05) is 0 Å². The number of nitrogens with two attached hydrogens (primary N) is 1. The molecule has 0 saturated carbocycles. The molecule has 120 valence electrons. The third-order valence-electron chi connectivity index (χ3n) is 4.23. The van der Waals surface area contributed by atoms with Crippen LogP contribution in [0.3, 0.4) is 0 Å². The van der Waals surface area contributed by atoms with Gasteiger partial charge in [0.25, 0.3) is 0 Å². The third kappa shape index (κ3) is 5.03. The van der Waals surface area contributed by atoms with Crippen molar-refractivity contribution in [3.8, 4) is 0 Å². The van der Waals surface area contributed by atoms with Crippen LogP contribution in [-0.2, 0) is 0 Å². The molecule has 0 aromatic carbocycles. The third-order valence-corrected chi connectivity index (χ3v) is 4.23. The summed E-state index contributed by atoms with van der Waals surface area (Å²) in [5, 5.41) is 0. The average molecular weight is 298 g/mol. The van der Waals surface area contributed by atoms with Crippen molar-refractivity contribution in [2.75, 3.05) is 19.6 Å². The molecule has 0 aliphatic heterocycles. The van der Waals surface area contributed by atoms with Gasteiger partial charge in [0.1, 0.15) is 0 Å². The Morgan fingerprint density at radius 3 is 2.59 bits per heavy atom. The first-order valence-corrected chi connectivity index (χ1v) is 8.62. The zero-order valence-electron chi connectivity index (χ0n) is 14.1. The van der Waals surface area contributed by atoms with Crippen LogP contribution in [0.2, 0.25) is 0 Å². The maximum Gasteiger partial charge on any atom is 0.0329 e. The Hall–Kier alpha value is -1.54. The predicted molar refractivity (Wildman–Crippen MR) is 96.5 cm³/mol. The molecule has 1 atom stereocenters. The van der Waals surface area contributed by atoms with Crippen LogP contribution in [0.25, 0.3) is 0 Å². The minimum Gasteiger partial charge on any atom is -0.371 e. The number of hydrogen-bond acceptors (Lipinski definition) is 2. The molecule has 2 heteroatoms. The van der Waals surface area contributed by atoms with Crippen LogP contribution < -0.4 is 5.73 Å². The van der Waals surface area contributed by atoms with Gasteiger partial charge in [-0.3, -0.25) is 0 Å². The van der Waals surface area contributed by atoms with Gasteiger partial charge in [0, 0.05) is 25.3 Å². The molecular weight excluding hydrogens is 268 g/mol. The van der Waals surface area contributed by atoms with E-state index in [1.165, 1.54) is 23.3 Å². The summed E-state index contributed by atoms with van der Waals surface area (Å²) in [6, 6.07) is 0. The van der Waals surface area contributed by atoms with E-state index in [1.54, 1.807) is 0 Å². The van der Waals surface area contributed by atoms with Crippen molar-refractivity contribution in [1.29, 1.82) is 0 Å². The normalized spacial score (nSPS) is 21.0. The molecule has 2 aliphatic carbocycles. The van der Waals surface area contributed by atoms with Crippen molar-refractivity contribution in [3.63, 3.8) is 0 Å². The quantitative estimate of drug-likeness (QED) is 0.757. The topological polar surface area (TPSA) is 29.3 Å². The van der Waals surface area contributed by atoms with Crippen LogP contribution in [-0.4, -0.2) is 24.5 Å². The first kappa shape index (κ1) is 16.8. The monoisotopic (exact) mass is 298 g/mol. The molecule has 2 rings (SSSR count). The van der Waals surface area contributed by atoms with E-state index in [4.69, 9.17) is 5.73 Å². The second-order valence-corrected chi connectivity index (χ2v) is 6.28. The summed E-state index contributed by atoms with van der Waals surface area (Å²) in [5.74, 6) is 0.689. The largest absolute Gasteiger partial charge is 0.371 e. The van der Waals surface area contributed by atoms with Crippen LogP contribution in [0, 0.1) is 5.92 Å². The van der Waals surface area contributed by atoms with Crippen LogP contribution >= 0.6 is 0 Å². The molecule has 0 aromatic heterocycles. The fourth-order valence-corrected chi connectivity index (χ4v) is 2.96. The van der Waals surface area contributed by atoms with Crippen molar-refractivity contribution >= 4 is 0 Å². The van der Waals surface area contributed by atoms with Gasteiger partial charge in [-0.25, -0.2) is 0 Å². The Kier molecular flexibility index (Phi) is 6.73. The summed E-state index contributed by atoms with van der Waals surface area (Å²) in [4.78, 5) is 2.40.